The lowest BCUT2D eigenvalue weighted by molar-refractivity contribution is 0.217. The van der Waals surface area contributed by atoms with E-state index in [9.17, 15) is 0 Å². The molecule has 0 fully saturated rings. The van der Waals surface area contributed by atoms with Gasteiger partial charge in [0.1, 0.15) is 5.01 Å². The maximum atomic E-state index is 8.53. The Morgan fingerprint density at radius 1 is 1.64 bits per heavy atom. The van der Waals surface area contributed by atoms with Crippen molar-refractivity contribution in [1.29, 1.82) is 5.26 Å². The lowest BCUT2D eigenvalue weighted by atomic mass is 10.3. The van der Waals surface area contributed by atoms with E-state index in [-0.39, 0.29) is 0 Å². The first-order valence-electron chi connectivity index (χ1n) is 4.73. The number of aromatic nitrogens is 1. The molecule has 0 N–H and O–H groups in total. The highest BCUT2D eigenvalue weighted by Gasteiger charge is 2.10. The van der Waals surface area contributed by atoms with Crippen molar-refractivity contribution in [1.82, 2.24) is 9.88 Å². The molecule has 0 spiro atoms. The van der Waals surface area contributed by atoms with Crippen LogP contribution < -0.4 is 0 Å². The molecule has 0 bridgehead atoms. The van der Waals surface area contributed by atoms with Crippen molar-refractivity contribution in [2.24, 2.45) is 0 Å². The fraction of sp³-hybridized carbons (Fsp3) is 0.600. The fourth-order valence-corrected chi connectivity index (χ4v) is 1.86. The Morgan fingerprint density at radius 3 is 2.93 bits per heavy atom. The monoisotopic (exact) mass is 209 g/mol. The van der Waals surface area contributed by atoms with E-state index < -0.39 is 0 Å². The van der Waals surface area contributed by atoms with Crippen molar-refractivity contribution in [2.75, 3.05) is 6.54 Å². The Labute approximate surface area is 89.0 Å². The average Bonchev–Trinajstić information content (AvgIpc) is 2.64. The fourth-order valence-electron chi connectivity index (χ4n) is 1.22. The normalized spacial score (nSPS) is 10.8. The second kappa shape index (κ2) is 5.74. The van der Waals surface area contributed by atoms with Crippen LogP contribution in [-0.4, -0.2) is 22.5 Å². The summed E-state index contributed by atoms with van der Waals surface area (Å²) in [7, 11) is 0. The minimum Gasteiger partial charge on any atom is -0.293 e. The van der Waals surface area contributed by atoms with Crippen molar-refractivity contribution in [3.05, 3.63) is 16.6 Å². The number of nitriles is 1. The maximum absolute atomic E-state index is 8.53. The highest BCUT2D eigenvalue weighted by atomic mass is 32.1. The standard InChI is InChI=1S/C10H15N3S/c1-9(2)13(6-3-4-11)8-10-12-5-7-14-10/h5,7,9H,3,6,8H2,1-2H3. The third-order valence-corrected chi connectivity index (χ3v) is 2.83. The molecule has 0 radical (unpaired) electrons. The van der Waals surface area contributed by atoms with E-state index in [0.29, 0.717) is 12.5 Å². The van der Waals surface area contributed by atoms with Gasteiger partial charge in [0.05, 0.1) is 12.6 Å². The molecular formula is C10H15N3S. The number of nitrogens with zero attached hydrogens (tertiary/aromatic N) is 3. The molecule has 0 amide bonds. The van der Waals surface area contributed by atoms with Gasteiger partial charge in [0, 0.05) is 30.6 Å². The Morgan fingerprint density at radius 2 is 2.43 bits per heavy atom. The number of hydrogen-bond acceptors (Lipinski definition) is 4. The summed E-state index contributed by atoms with van der Waals surface area (Å²) in [5, 5.41) is 11.6. The first-order chi connectivity index (χ1) is 6.74. The van der Waals surface area contributed by atoms with E-state index in [1.807, 2.05) is 11.6 Å². The van der Waals surface area contributed by atoms with Crippen molar-refractivity contribution < 1.29 is 0 Å². The zero-order valence-electron chi connectivity index (χ0n) is 8.60. The predicted octanol–water partition coefficient (Wildman–Crippen LogP) is 2.27. The summed E-state index contributed by atoms with van der Waals surface area (Å²) in [5.41, 5.74) is 0. The van der Waals surface area contributed by atoms with Crippen molar-refractivity contribution >= 4 is 11.3 Å². The first-order valence-corrected chi connectivity index (χ1v) is 5.61. The molecule has 0 atom stereocenters. The zero-order valence-corrected chi connectivity index (χ0v) is 9.42. The van der Waals surface area contributed by atoms with Gasteiger partial charge in [-0.25, -0.2) is 4.98 Å². The summed E-state index contributed by atoms with van der Waals surface area (Å²) in [6, 6.07) is 2.64. The van der Waals surface area contributed by atoms with Gasteiger partial charge in [-0.2, -0.15) is 5.26 Å². The van der Waals surface area contributed by atoms with Crippen LogP contribution in [0.3, 0.4) is 0 Å². The lowest BCUT2D eigenvalue weighted by Gasteiger charge is -2.24. The molecule has 0 aliphatic heterocycles. The Kier molecular flexibility index (Phi) is 4.57. The molecule has 3 nitrogen and oxygen atoms in total. The molecule has 76 valence electrons. The van der Waals surface area contributed by atoms with Crippen molar-refractivity contribution in [3.8, 4) is 6.07 Å². The molecule has 1 heterocycles. The predicted molar refractivity (Wildman–Crippen MR) is 57.9 cm³/mol. The summed E-state index contributed by atoms with van der Waals surface area (Å²) < 4.78 is 0. The number of thiazole rings is 1. The maximum Gasteiger partial charge on any atom is 0.107 e. The molecular weight excluding hydrogens is 194 g/mol. The molecule has 0 aliphatic rings. The lowest BCUT2D eigenvalue weighted by Crippen LogP contribution is -2.31. The van der Waals surface area contributed by atoms with Crippen molar-refractivity contribution in [2.45, 2.75) is 32.9 Å². The molecule has 0 aromatic carbocycles. The minimum atomic E-state index is 0.465. The van der Waals surface area contributed by atoms with E-state index >= 15 is 0 Å². The largest absolute Gasteiger partial charge is 0.293 e. The second-order valence-corrected chi connectivity index (χ2v) is 4.38. The van der Waals surface area contributed by atoms with Crippen LogP contribution in [0.15, 0.2) is 11.6 Å². The zero-order chi connectivity index (χ0) is 10.4. The van der Waals surface area contributed by atoms with Crippen LogP contribution >= 0.6 is 11.3 Å². The van der Waals surface area contributed by atoms with Crippen LogP contribution in [0.1, 0.15) is 25.3 Å². The van der Waals surface area contributed by atoms with E-state index in [1.54, 1.807) is 11.3 Å². The Bertz CT molecular complexity index is 287. The second-order valence-electron chi connectivity index (χ2n) is 3.40. The van der Waals surface area contributed by atoms with Gasteiger partial charge in [-0.3, -0.25) is 4.90 Å². The van der Waals surface area contributed by atoms with Crippen LogP contribution in [0.25, 0.3) is 0 Å². The molecule has 1 aromatic heterocycles. The number of rotatable bonds is 5. The molecule has 1 rings (SSSR count). The van der Waals surface area contributed by atoms with E-state index in [2.05, 4.69) is 29.8 Å². The Hall–Kier alpha value is -0.920. The van der Waals surface area contributed by atoms with Crippen LogP contribution in [0, 0.1) is 11.3 Å². The molecule has 0 unspecified atom stereocenters. The van der Waals surface area contributed by atoms with Crippen LogP contribution in [0.5, 0.6) is 0 Å². The topological polar surface area (TPSA) is 39.9 Å². The highest BCUT2D eigenvalue weighted by molar-refractivity contribution is 7.09. The summed E-state index contributed by atoms with van der Waals surface area (Å²) in [4.78, 5) is 6.51. The summed E-state index contributed by atoms with van der Waals surface area (Å²) >= 11 is 1.67. The third kappa shape index (κ3) is 3.44. The van der Waals surface area contributed by atoms with Gasteiger partial charge in [-0.05, 0) is 13.8 Å². The van der Waals surface area contributed by atoms with E-state index in [4.69, 9.17) is 5.26 Å². The summed E-state index contributed by atoms with van der Waals surface area (Å²) in [6.07, 6.45) is 2.41. The van der Waals surface area contributed by atoms with Gasteiger partial charge in [0.15, 0.2) is 0 Å². The van der Waals surface area contributed by atoms with Crippen molar-refractivity contribution in [3.63, 3.8) is 0 Å². The summed E-state index contributed by atoms with van der Waals surface area (Å²) in [5.74, 6) is 0. The highest BCUT2D eigenvalue weighted by Crippen LogP contribution is 2.10. The summed E-state index contributed by atoms with van der Waals surface area (Å²) in [6.45, 7) is 5.97. The Balaban J connectivity index is 2.48. The quantitative estimate of drug-likeness (QED) is 0.747. The molecule has 0 aliphatic carbocycles. The average molecular weight is 209 g/mol. The van der Waals surface area contributed by atoms with Crippen LogP contribution in [0.2, 0.25) is 0 Å². The van der Waals surface area contributed by atoms with Gasteiger partial charge in [0.25, 0.3) is 0 Å². The molecule has 1 aromatic rings. The van der Waals surface area contributed by atoms with Gasteiger partial charge >= 0.3 is 0 Å². The van der Waals surface area contributed by atoms with Crippen LogP contribution in [-0.2, 0) is 6.54 Å². The van der Waals surface area contributed by atoms with Gasteiger partial charge in [-0.15, -0.1) is 11.3 Å². The minimum absolute atomic E-state index is 0.465. The van der Waals surface area contributed by atoms with Crippen LogP contribution in [0.4, 0.5) is 0 Å². The molecule has 4 heteroatoms. The SMILES string of the molecule is CC(C)N(CCC#N)Cc1nccs1. The van der Waals surface area contributed by atoms with E-state index in [1.165, 1.54) is 0 Å². The smallest absolute Gasteiger partial charge is 0.107 e. The van der Waals surface area contributed by atoms with E-state index in [0.717, 1.165) is 18.1 Å². The first kappa shape index (κ1) is 11.2. The molecule has 0 saturated carbocycles. The number of hydrogen-bond donors (Lipinski definition) is 0. The van der Waals surface area contributed by atoms with Gasteiger partial charge < -0.3 is 0 Å². The third-order valence-electron chi connectivity index (χ3n) is 2.06. The van der Waals surface area contributed by atoms with Gasteiger partial charge in [0.2, 0.25) is 0 Å². The molecule has 14 heavy (non-hydrogen) atoms. The van der Waals surface area contributed by atoms with Gasteiger partial charge in [-0.1, -0.05) is 0 Å². The molecule has 0 saturated heterocycles.